The Hall–Kier alpha value is -4.85. The van der Waals surface area contributed by atoms with E-state index in [-0.39, 0.29) is 28.8 Å². The van der Waals surface area contributed by atoms with Gasteiger partial charge in [0.15, 0.2) is 5.65 Å². The van der Waals surface area contributed by atoms with Crippen molar-refractivity contribution in [2.75, 3.05) is 19.0 Å². The zero-order valence-electron chi connectivity index (χ0n) is 25.1. The summed E-state index contributed by atoms with van der Waals surface area (Å²) < 4.78 is 7.83. The molecule has 1 aliphatic heterocycles. The number of hydrogen-bond donors (Lipinski definition) is 3. The predicted molar refractivity (Wildman–Crippen MR) is 176 cm³/mol. The standard InChI is InChI=1S/C31H29Cl2N9O4/c1-41-28-24(30(44)42(2)31(41)45)27(36-15-37-28)39-20-9-5-7-18(26(20)33)17-6-4-8-19(25(17)32)21-14-35-22(29(40-21)46-3)13-34-12-16-10-11-23(43)38-16/h4-9,14-16,34H,10-13H2,1-3H3,(H,38,43)(H,36,37,39)/t16-/m0/s1. The van der Waals surface area contributed by atoms with Gasteiger partial charge in [-0.2, -0.15) is 0 Å². The Morgan fingerprint density at radius 3 is 2.46 bits per heavy atom. The fourth-order valence-corrected chi connectivity index (χ4v) is 6.00. The summed E-state index contributed by atoms with van der Waals surface area (Å²) in [7, 11) is 4.46. The maximum Gasteiger partial charge on any atom is 0.332 e. The molecule has 1 amide bonds. The third kappa shape index (κ3) is 5.80. The summed E-state index contributed by atoms with van der Waals surface area (Å²) in [6.45, 7) is 1.03. The lowest BCUT2D eigenvalue weighted by atomic mass is 10.0. The van der Waals surface area contributed by atoms with Gasteiger partial charge in [0.05, 0.1) is 34.7 Å². The molecule has 0 aliphatic carbocycles. The van der Waals surface area contributed by atoms with E-state index in [2.05, 4.69) is 35.9 Å². The predicted octanol–water partition coefficient (Wildman–Crippen LogP) is 3.58. The minimum atomic E-state index is -0.537. The van der Waals surface area contributed by atoms with Gasteiger partial charge in [0.25, 0.3) is 5.56 Å². The number of nitrogens with zero attached hydrogens (tertiary/aromatic N) is 6. The smallest absolute Gasteiger partial charge is 0.332 e. The Balaban J connectivity index is 1.30. The zero-order valence-corrected chi connectivity index (χ0v) is 26.6. The van der Waals surface area contributed by atoms with Crippen molar-refractivity contribution >= 4 is 51.6 Å². The first kappa shape index (κ1) is 31.1. The first-order valence-electron chi connectivity index (χ1n) is 14.3. The van der Waals surface area contributed by atoms with E-state index in [1.54, 1.807) is 18.3 Å². The average molecular weight is 663 g/mol. The summed E-state index contributed by atoms with van der Waals surface area (Å²) >= 11 is 13.9. The summed E-state index contributed by atoms with van der Waals surface area (Å²) in [5, 5.41) is 10.3. The van der Waals surface area contributed by atoms with Gasteiger partial charge in [-0.05, 0) is 12.5 Å². The Kier molecular flexibility index (Phi) is 8.71. The fourth-order valence-electron chi connectivity index (χ4n) is 5.40. The molecule has 1 saturated heterocycles. The molecule has 15 heteroatoms. The molecular formula is C31H29Cl2N9O4. The number of fused-ring (bicyclic) bond motifs is 1. The number of ether oxygens (including phenoxy) is 1. The summed E-state index contributed by atoms with van der Waals surface area (Å²) in [6.07, 6.45) is 4.24. The van der Waals surface area contributed by atoms with Crippen LogP contribution in [0.2, 0.25) is 10.0 Å². The minimum absolute atomic E-state index is 0.0671. The van der Waals surface area contributed by atoms with Crippen LogP contribution in [0, 0.1) is 0 Å². The van der Waals surface area contributed by atoms with Gasteiger partial charge in [0.2, 0.25) is 11.8 Å². The van der Waals surface area contributed by atoms with Crippen LogP contribution in [0.25, 0.3) is 33.4 Å². The van der Waals surface area contributed by atoms with E-state index >= 15 is 0 Å². The second-order valence-electron chi connectivity index (χ2n) is 10.7. The minimum Gasteiger partial charge on any atom is -0.480 e. The molecule has 3 aromatic heterocycles. The Morgan fingerprint density at radius 1 is 0.978 bits per heavy atom. The van der Waals surface area contributed by atoms with Crippen LogP contribution in [-0.2, 0) is 25.4 Å². The summed E-state index contributed by atoms with van der Waals surface area (Å²) in [5.41, 5.74) is 2.64. The Labute approximate surface area is 272 Å². The zero-order chi connectivity index (χ0) is 32.5. The fraction of sp³-hybridized carbons (Fsp3) is 0.258. The molecule has 0 bridgehead atoms. The summed E-state index contributed by atoms with van der Waals surface area (Å²) in [5.74, 6) is 0.620. The van der Waals surface area contributed by atoms with Gasteiger partial charge in [0, 0.05) is 56.3 Å². The number of amides is 1. The van der Waals surface area contributed by atoms with Crippen molar-refractivity contribution in [3.05, 3.63) is 85.5 Å². The van der Waals surface area contributed by atoms with Gasteiger partial charge >= 0.3 is 5.69 Å². The molecule has 5 aromatic rings. The van der Waals surface area contributed by atoms with Crippen molar-refractivity contribution in [3.63, 3.8) is 0 Å². The normalized spacial score (nSPS) is 14.5. The van der Waals surface area contributed by atoms with Crippen molar-refractivity contribution in [1.29, 1.82) is 0 Å². The Morgan fingerprint density at radius 2 is 1.72 bits per heavy atom. The van der Waals surface area contributed by atoms with E-state index in [1.807, 2.05) is 24.3 Å². The van der Waals surface area contributed by atoms with Crippen LogP contribution in [0.15, 0.2) is 58.5 Å². The van der Waals surface area contributed by atoms with E-state index in [9.17, 15) is 14.4 Å². The van der Waals surface area contributed by atoms with Gasteiger partial charge in [-0.3, -0.25) is 23.7 Å². The van der Waals surface area contributed by atoms with E-state index < -0.39 is 11.2 Å². The molecule has 2 aromatic carbocycles. The average Bonchev–Trinajstić information content (AvgIpc) is 3.48. The summed E-state index contributed by atoms with van der Waals surface area (Å²) in [4.78, 5) is 54.6. The van der Waals surface area contributed by atoms with Crippen molar-refractivity contribution in [3.8, 4) is 28.3 Å². The van der Waals surface area contributed by atoms with Crippen LogP contribution < -0.4 is 31.9 Å². The third-order valence-corrected chi connectivity index (χ3v) is 8.64. The molecule has 0 saturated carbocycles. The number of anilines is 2. The van der Waals surface area contributed by atoms with Crippen LogP contribution in [0.3, 0.4) is 0 Å². The number of nitrogens with one attached hydrogen (secondary N) is 3. The van der Waals surface area contributed by atoms with Gasteiger partial charge in [-0.15, -0.1) is 0 Å². The summed E-state index contributed by atoms with van der Waals surface area (Å²) in [6, 6.07) is 11.0. The quantitative estimate of drug-likeness (QED) is 0.213. The third-order valence-electron chi connectivity index (χ3n) is 7.83. The first-order chi connectivity index (χ1) is 22.2. The molecule has 6 rings (SSSR count). The molecule has 236 valence electrons. The highest BCUT2D eigenvalue weighted by atomic mass is 35.5. The second-order valence-corrected chi connectivity index (χ2v) is 11.5. The second kappa shape index (κ2) is 12.9. The molecular weight excluding hydrogens is 633 g/mol. The molecule has 4 heterocycles. The lowest BCUT2D eigenvalue weighted by Gasteiger charge is -2.16. The van der Waals surface area contributed by atoms with E-state index in [4.69, 9.17) is 27.9 Å². The number of carbonyl (C=O) groups is 1. The highest BCUT2D eigenvalue weighted by Crippen LogP contribution is 2.42. The number of aromatic nitrogens is 6. The van der Waals surface area contributed by atoms with Gasteiger partial charge in [0.1, 0.15) is 23.2 Å². The molecule has 0 spiro atoms. The van der Waals surface area contributed by atoms with Gasteiger partial charge < -0.3 is 20.7 Å². The van der Waals surface area contributed by atoms with Gasteiger partial charge in [-0.25, -0.2) is 19.7 Å². The van der Waals surface area contributed by atoms with Crippen molar-refractivity contribution in [2.45, 2.75) is 25.4 Å². The largest absolute Gasteiger partial charge is 0.480 e. The number of halogens is 2. The van der Waals surface area contributed by atoms with Crippen molar-refractivity contribution < 1.29 is 9.53 Å². The lowest BCUT2D eigenvalue weighted by Crippen LogP contribution is -2.37. The maximum absolute atomic E-state index is 13.0. The van der Waals surface area contributed by atoms with Crippen LogP contribution in [0.4, 0.5) is 11.5 Å². The molecule has 13 nitrogen and oxygen atoms in total. The number of carbonyl (C=O) groups excluding carboxylic acids is 1. The monoisotopic (exact) mass is 661 g/mol. The first-order valence-corrected chi connectivity index (χ1v) is 15.1. The highest BCUT2D eigenvalue weighted by Gasteiger charge is 2.22. The number of methoxy groups -OCH3 is 1. The number of rotatable bonds is 9. The van der Waals surface area contributed by atoms with E-state index in [0.29, 0.717) is 69.2 Å². The van der Waals surface area contributed by atoms with Gasteiger partial charge in [-0.1, -0.05) is 53.5 Å². The number of hydrogen-bond acceptors (Lipinski definition) is 10. The molecule has 46 heavy (non-hydrogen) atoms. The highest BCUT2D eigenvalue weighted by molar-refractivity contribution is 6.39. The molecule has 3 N–H and O–H groups in total. The number of benzene rings is 2. The number of aryl methyl sites for hydroxylation is 1. The van der Waals surface area contributed by atoms with Crippen LogP contribution in [0.1, 0.15) is 18.5 Å². The van der Waals surface area contributed by atoms with Crippen molar-refractivity contribution in [2.24, 2.45) is 14.1 Å². The van der Waals surface area contributed by atoms with Crippen molar-refractivity contribution in [1.82, 2.24) is 39.7 Å². The maximum atomic E-state index is 13.0. The lowest BCUT2D eigenvalue weighted by molar-refractivity contribution is -0.119. The van der Waals surface area contributed by atoms with E-state index in [1.165, 1.54) is 32.1 Å². The Bertz CT molecular complexity index is 2120. The van der Waals surface area contributed by atoms with Crippen LogP contribution in [0.5, 0.6) is 5.88 Å². The van der Waals surface area contributed by atoms with Crippen LogP contribution in [-0.4, -0.2) is 54.7 Å². The molecule has 0 radical (unpaired) electrons. The molecule has 1 atom stereocenters. The topological polar surface area (TPSA) is 158 Å². The van der Waals surface area contributed by atoms with Crippen LogP contribution >= 0.6 is 23.2 Å². The molecule has 0 unspecified atom stereocenters. The van der Waals surface area contributed by atoms with E-state index in [0.717, 1.165) is 11.0 Å². The molecule has 1 fully saturated rings. The SMILES string of the molecule is COc1nc(-c2cccc(-c3cccc(Nc4ncnc5c4c(=O)n(C)c(=O)n5C)c3Cl)c2Cl)cnc1CNC[C@@H]1CCC(=O)N1. The molecule has 1 aliphatic rings.